The Morgan fingerprint density at radius 2 is 2.17 bits per heavy atom. The molecular formula is C16H19NS. The van der Waals surface area contributed by atoms with Gasteiger partial charge in [-0.15, -0.1) is 11.3 Å². The lowest BCUT2D eigenvalue weighted by atomic mass is 9.77. The molecule has 2 unspecified atom stereocenters. The monoisotopic (exact) mass is 257 g/mol. The van der Waals surface area contributed by atoms with Crippen LogP contribution >= 0.6 is 11.3 Å². The zero-order chi connectivity index (χ0) is 12.5. The fourth-order valence-electron chi connectivity index (χ4n) is 2.78. The topological polar surface area (TPSA) is 12.0 Å². The number of benzene rings is 1. The Morgan fingerprint density at radius 3 is 2.89 bits per heavy atom. The summed E-state index contributed by atoms with van der Waals surface area (Å²) in [6, 6.07) is 11.5. The molecule has 0 fully saturated rings. The van der Waals surface area contributed by atoms with Gasteiger partial charge in [-0.1, -0.05) is 24.3 Å². The van der Waals surface area contributed by atoms with Crippen LogP contribution in [0, 0.1) is 6.92 Å². The minimum Gasteiger partial charge on any atom is -0.309 e. The van der Waals surface area contributed by atoms with Crippen LogP contribution in [-0.4, -0.2) is 6.54 Å². The molecule has 94 valence electrons. The predicted octanol–water partition coefficient (Wildman–Crippen LogP) is 4.05. The van der Waals surface area contributed by atoms with Gasteiger partial charge in [0.2, 0.25) is 0 Å². The van der Waals surface area contributed by atoms with Gasteiger partial charge in [-0.3, -0.25) is 0 Å². The lowest BCUT2D eigenvalue weighted by Crippen LogP contribution is -2.30. The van der Waals surface area contributed by atoms with Crippen molar-refractivity contribution in [3.05, 3.63) is 57.3 Å². The molecule has 0 spiro atoms. The first-order valence-electron chi connectivity index (χ1n) is 6.61. The van der Waals surface area contributed by atoms with Gasteiger partial charge in [0.15, 0.2) is 0 Å². The third-order valence-corrected chi connectivity index (χ3v) is 5.13. The second kappa shape index (κ2) is 4.87. The van der Waals surface area contributed by atoms with Gasteiger partial charge in [0.05, 0.1) is 0 Å². The highest BCUT2D eigenvalue weighted by molar-refractivity contribution is 7.10. The summed E-state index contributed by atoms with van der Waals surface area (Å²) in [6.45, 7) is 5.56. The quantitative estimate of drug-likeness (QED) is 0.871. The highest BCUT2D eigenvalue weighted by Crippen LogP contribution is 2.34. The minimum atomic E-state index is 0.470. The van der Waals surface area contributed by atoms with Crippen molar-refractivity contribution in [2.24, 2.45) is 0 Å². The van der Waals surface area contributed by atoms with E-state index in [9.17, 15) is 0 Å². The highest BCUT2D eigenvalue weighted by Gasteiger charge is 2.25. The molecule has 18 heavy (non-hydrogen) atoms. The van der Waals surface area contributed by atoms with Crippen LogP contribution in [0.3, 0.4) is 0 Å². The van der Waals surface area contributed by atoms with Crippen molar-refractivity contribution in [2.75, 3.05) is 6.54 Å². The van der Waals surface area contributed by atoms with Gasteiger partial charge in [0, 0.05) is 23.4 Å². The molecule has 0 saturated heterocycles. The zero-order valence-corrected chi connectivity index (χ0v) is 11.8. The van der Waals surface area contributed by atoms with Crippen LogP contribution in [0.1, 0.15) is 40.5 Å². The SMILES string of the molecule is Cc1ccsc1C(C)NCC1Cc2ccccc21. The Morgan fingerprint density at radius 1 is 1.33 bits per heavy atom. The lowest BCUT2D eigenvalue weighted by Gasteiger charge is -2.31. The molecule has 0 radical (unpaired) electrons. The molecule has 0 saturated carbocycles. The summed E-state index contributed by atoms with van der Waals surface area (Å²) in [4.78, 5) is 1.47. The summed E-state index contributed by atoms with van der Waals surface area (Å²) in [5.41, 5.74) is 4.48. The molecule has 1 nitrogen and oxygen atoms in total. The molecule has 2 atom stereocenters. The first kappa shape index (κ1) is 11.9. The van der Waals surface area contributed by atoms with Crippen LogP contribution in [0.15, 0.2) is 35.7 Å². The van der Waals surface area contributed by atoms with Crippen molar-refractivity contribution in [1.29, 1.82) is 0 Å². The van der Waals surface area contributed by atoms with Gasteiger partial charge in [-0.05, 0) is 48.4 Å². The van der Waals surface area contributed by atoms with Crippen LogP contribution in [0.25, 0.3) is 0 Å². The molecule has 1 aliphatic carbocycles. The first-order valence-corrected chi connectivity index (χ1v) is 7.49. The second-order valence-corrected chi connectivity index (χ2v) is 6.15. The summed E-state index contributed by atoms with van der Waals surface area (Å²) in [5, 5.41) is 5.86. The molecule has 1 N–H and O–H groups in total. The van der Waals surface area contributed by atoms with Gasteiger partial charge in [0.1, 0.15) is 0 Å². The summed E-state index contributed by atoms with van der Waals surface area (Å²) >= 11 is 1.86. The smallest absolute Gasteiger partial charge is 0.0388 e. The van der Waals surface area contributed by atoms with Crippen LogP contribution in [0.2, 0.25) is 0 Å². The Kier molecular flexibility index (Phi) is 3.23. The zero-order valence-electron chi connectivity index (χ0n) is 10.9. The van der Waals surface area contributed by atoms with Crippen molar-refractivity contribution >= 4 is 11.3 Å². The molecule has 1 aromatic carbocycles. The Balaban J connectivity index is 1.59. The number of hydrogen-bond acceptors (Lipinski definition) is 2. The molecule has 2 aromatic rings. The van der Waals surface area contributed by atoms with Crippen LogP contribution < -0.4 is 5.32 Å². The summed E-state index contributed by atoms with van der Waals surface area (Å²) in [5.74, 6) is 0.712. The van der Waals surface area contributed by atoms with E-state index >= 15 is 0 Å². The minimum absolute atomic E-state index is 0.470. The van der Waals surface area contributed by atoms with E-state index in [-0.39, 0.29) is 0 Å². The van der Waals surface area contributed by atoms with Gasteiger partial charge in [-0.2, -0.15) is 0 Å². The number of rotatable bonds is 4. The van der Waals surface area contributed by atoms with E-state index in [1.165, 1.54) is 22.4 Å². The molecule has 0 bridgehead atoms. The molecule has 2 heteroatoms. The Labute approximate surface area is 113 Å². The number of aryl methyl sites for hydroxylation is 1. The summed E-state index contributed by atoms with van der Waals surface area (Å²) in [7, 11) is 0. The molecule has 0 amide bonds. The molecule has 1 heterocycles. The average Bonchev–Trinajstić information content (AvgIpc) is 2.76. The molecule has 1 aliphatic rings. The molecule has 0 aliphatic heterocycles. The number of hydrogen-bond donors (Lipinski definition) is 1. The Hall–Kier alpha value is -1.12. The lowest BCUT2D eigenvalue weighted by molar-refractivity contribution is 0.492. The third kappa shape index (κ3) is 2.11. The predicted molar refractivity (Wildman–Crippen MR) is 78.4 cm³/mol. The van der Waals surface area contributed by atoms with E-state index in [4.69, 9.17) is 0 Å². The second-order valence-electron chi connectivity index (χ2n) is 5.20. The standard InChI is InChI=1S/C16H19NS/c1-11-7-8-18-16(11)12(2)17-10-14-9-13-5-3-4-6-15(13)14/h3-8,12,14,17H,9-10H2,1-2H3. The average molecular weight is 257 g/mol. The van der Waals surface area contributed by atoms with Gasteiger partial charge >= 0.3 is 0 Å². The van der Waals surface area contributed by atoms with E-state index in [1.807, 2.05) is 11.3 Å². The molecular weight excluding hydrogens is 238 g/mol. The molecule has 1 aromatic heterocycles. The van der Waals surface area contributed by atoms with E-state index in [0.29, 0.717) is 12.0 Å². The highest BCUT2D eigenvalue weighted by atomic mass is 32.1. The van der Waals surface area contributed by atoms with Crippen molar-refractivity contribution in [3.8, 4) is 0 Å². The van der Waals surface area contributed by atoms with Gasteiger partial charge in [0.25, 0.3) is 0 Å². The third-order valence-electron chi connectivity index (χ3n) is 3.93. The van der Waals surface area contributed by atoms with Gasteiger partial charge < -0.3 is 5.32 Å². The van der Waals surface area contributed by atoms with Crippen molar-refractivity contribution < 1.29 is 0 Å². The van der Waals surface area contributed by atoms with Crippen molar-refractivity contribution in [2.45, 2.75) is 32.2 Å². The normalized spacial score (nSPS) is 19.1. The van der Waals surface area contributed by atoms with Crippen LogP contribution in [-0.2, 0) is 6.42 Å². The summed E-state index contributed by atoms with van der Waals surface area (Å²) in [6.07, 6.45) is 1.24. The summed E-state index contributed by atoms with van der Waals surface area (Å²) < 4.78 is 0. The van der Waals surface area contributed by atoms with E-state index < -0.39 is 0 Å². The first-order chi connectivity index (χ1) is 8.75. The van der Waals surface area contributed by atoms with Gasteiger partial charge in [-0.25, -0.2) is 0 Å². The van der Waals surface area contributed by atoms with Crippen molar-refractivity contribution in [1.82, 2.24) is 5.32 Å². The maximum atomic E-state index is 3.68. The van der Waals surface area contributed by atoms with E-state index in [1.54, 1.807) is 5.56 Å². The van der Waals surface area contributed by atoms with Crippen LogP contribution in [0.5, 0.6) is 0 Å². The van der Waals surface area contributed by atoms with Crippen LogP contribution in [0.4, 0.5) is 0 Å². The molecule has 3 rings (SSSR count). The maximum absolute atomic E-state index is 3.68. The fourth-order valence-corrected chi connectivity index (χ4v) is 3.74. The maximum Gasteiger partial charge on any atom is 0.0388 e. The number of thiophene rings is 1. The van der Waals surface area contributed by atoms with Crippen molar-refractivity contribution in [3.63, 3.8) is 0 Å². The van der Waals surface area contributed by atoms with E-state index in [2.05, 4.69) is 54.9 Å². The number of nitrogens with one attached hydrogen (secondary N) is 1. The fraction of sp³-hybridized carbons (Fsp3) is 0.375. The largest absolute Gasteiger partial charge is 0.309 e. The van der Waals surface area contributed by atoms with E-state index in [0.717, 1.165) is 6.54 Å². The Bertz CT molecular complexity index is 544. The number of fused-ring (bicyclic) bond motifs is 1.